The molecule has 1 heterocycles. The molecule has 20 heavy (non-hydrogen) atoms. The largest absolute Gasteiger partial charge is 0.383 e. The number of rotatable bonds is 5. The monoisotopic (exact) mass is 273 g/mol. The van der Waals surface area contributed by atoms with Gasteiger partial charge in [0.1, 0.15) is 12.1 Å². The van der Waals surface area contributed by atoms with Gasteiger partial charge in [-0.2, -0.15) is 0 Å². The van der Waals surface area contributed by atoms with Crippen LogP contribution in [-0.4, -0.2) is 35.9 Å². The van der Waals surface area contributed by atoms with Gasteiger partial charge in [-0.25, -0.2) is 0 Å². The predicted octanol–water partition coefficient (Wildman–Crippen LogP) is 0.887. The second-order valence-corrected chi connectivity index (χ2v) is 4.91. The fraction of sp³-hybridized carbons (Fsp3) is 0.438. The summed E-state index contributed by atoms with van der Waals surface area (Å²) in [5.41, 5.74) is 0.907. The second-order valence-electron chi connectivity index (χ2n) is 4.91. The average molecular weight is 273 g/mol. The van der Waals surface area contributed by atoms with Gasteiger partial charge in [-0.3, -0.25) is 4.79 Å². The van der Waals surface area contributed by atoms with E-state index in [4.69, 9.17) is 11.2 Å². The quantitative estimate of drug-likeness (QED) is 0.783. The molecule has 1 aliphatic rings. The van der Waals surface area contributed by atoms with Gasteiger partial charge in [-0.15, -0.1) is 6.42 Å². The Hall–Kier alpha value is -1.83. The van der Waals surface area contributed by atoms with Crippen LogP contribution in [0.1, 0.15) is 18.4 Å². The van der Waals surface area contributed by atoms with Crippen molar-refractivity contribution >= 4 is 5.91 Å². The Morgan fingerprint density at radius 3 is 2.85 bits per heavy atom. The lowest BCUT2D eigenvalue weighted by Crippen LogP contribution is -2.46. The van der Waals surface area contributed by atoms with Crippen LogP contribution in [0.25, 0.3) is 0 Å². The first-order chi connectivity index (χ1) is 9.70. The van der Waals surface area contributed by atoms with Gasteiger partial charge in [-0.1, -0.05) is 36.3 Å². The fourth-order valence-corrected chi connectivity index (χ4v) is 2.29. The van der Waals surface area contributed by atoms with E-state index in [1.165, 1.54) is 0 Å². The Kier molecular flexibility index (Phi) is 5.16. The van der Waals surface area contributed by atoms with Gasteiger partial charge in [0.15, 0.2) is 0 Å². The molecule has 0 unspecified atom stereocenters. The lowest BCUT2D eigenvalue weighted by atomic mass is 10.1. The topological polar surface area (TPSA) is 58.6 Å². The Morgan fingerprint density at radius 2 is 2.25 bits per heavy atom. The van der Waals surface area contributed by atoms with E-state index in [2.05, 4.69) is 11.2 Å². The van der Waals surface area contributed by atoms with E-state index in [1.807, 2.05) is 30.3 Å². The number of carbonyl (C=O) groups excluding carboxylic acids is 1. The maximum absolute atomic E-state index is 12.0. The van der Waals surface area contributed by atoms with Crippen molar-refractivity contribution in [2.75, 3.05) is 6.61 Å². The van der Waals surface area contributed by atoms with Crippen LogP contribution in [0.3, 0.4) is 0 Å². The van der Waals surface area contributed by atoms with Crippen molar-refractivity contribution in [1.29, 1.82) is 0 Å². The molecule has 3 atom stereocenters. The molecule has 0 aliphatic carbocycles. The molecule has 1 aliphatic heterocycles. The molecule has 4 nitrogen and oxygen atoms in total. The fourth-order valence-electron chi connectivity index (χ4n) is 2.29. The first-order valence-electron chi connectivity index (χ1n) is 6.81. The summed E-state index contributed by atoms with van der Waals surface area (Å²) in [7, 11) is 0. The molecule has 0 aromatic heterocycles. The standard InChI is InChI=1S/C16H19NO3/c1-2-13(15-9-6-10-20-15)17-16(19)14(18)11-12-7-4-3-5-8-12/h1,3-5,7-8,13-15,18H,6,9-11H2,(H,17,19)/t13-,14+,15+/m1/s1. The molecule has 1 saturated heterocycles. The maximum atomic E-state index is 12.0. The van der Waals surface area contributed by atoms with Gasteiger partial charge >= 0.3 is 0 Å². The van der Waals surface area contributed by atoms with Crippen LogP contribution in [0, 0.1) is 12.3 Å². The first-order valence-corrected chi connectivity index (χ1v) is 6.81. The van der Waals surface area contributed by atoms with Crippen LogP contribution >= 0.6 is 0 Å². The summed E-state index contributed by atoms with van der Waals surface area (Å²) in [4.78, 5) is 12.0. The highest BCUT2D eigenvalue weighted by Gasteiger charge is 2.27. The minimum Gasteiger partial charge on any atom is -0.383 e. The average Bonchev–Trinajstić information content (AvgIpc) is 2.99. The summed E-state index contributed by atoms with van der Waals surface area (Å²) in [5, 5.41) is 12.6. The molecule has 2 N–H and O–H groups in total. The number of aliphatic hydroxyl groups is 1. The highest BCUT2D eigenvalue weighted by atomic mass is 16.5. The van der Waals surface area contributed by atoms with E-state index in [0.717, 1.165) is 18.4 Å². The van der Waals surface area contributed by atoms with Crippen molar-refractivity contribution < 1.29 is 14.6 Å². The molecule has 0 radical (unpaired) electrons. The van der Waals surface area contributed by atoms with Crippen LogP contribution in [0.5, 0.6) is 0 Å². The minimum absolute atomic E-state index is 0.145. The lowest BCUT2D eigenvalue weighted by Gasteiger charge is -2.21. The Morgan fingerprint density at radius 1 is 1.50 bits per heavy atom. The summed E-state index contributed by atoms with van der Waals surface area (Å²) in [5.74, 6) is 2.07. The minimum atomic E-state index is -1.10. The van der Waals surface area contributed by atoms with Gasteiger partial charge < -0.3 is 15.2 Å². The third kappa shape index (κ3) is 3.83. The van der Waals surface area contributed by atoms with E-state index >= 15 is 0 Å². The van der Waals surface area contributed by atoms with Crippen molar-refractivity contribution in [3.63, 3.8) is 0 Å². The van der Waals surface area contributed by atoms with Crippen LogP contribution in [0.2, 0.25) is 0 Å². The van der Waals surface area contributed by atoms with E-state index < -0.39 is 18.1 Å². The summed E-state index contributed by atoms with van der Waals surface area (Å²) in [6.07, 6.45) is 6.24. The Labute approximate surface area is 119 Å². The molecule has 1 aromatic carbocycles. The van der Waals surface area contributed by atoms with Crippen molar-refractivity contribution in [1.82, 2.24) is 5.32 Å². The van der Waals surface area contributed by atoms with Crippen molar-refractivity contribution in [2.45, 2.75) is 37.5 Å². The van der Waals surface area contributed by atoms with Crippen LogP contribution in [0.4, 0.5) is 0 Å². The Bertz CT molecular complexity index is 474. The summed E-state index contributed by atoms with van der Waals surface area (Å²) in [6, 6.07) is 8.90. The number of carbonyl (C=O) groups is 1. The normalized spacial score (nSPS) is 20.9. The zero-order chi connectivity index (χ0) is 14.4. The number of terminal acetylenes is 1. The van der Waals surface area contributed by atoms with Gasteiger partial charge in [0.2, 0.25) is 5.91 Å². The molecule has 1 aromatic rings. The van der Waals surface area contributed by atoms with Gasteiger partial charge in [0, 0.05) is 13.0 Å². The molecular formula is C16H19NO3. The molecule has 2 rings (SSSR count). The molecule has 0 saturated carbocycles. The van der Waals surface area contributed by atoms with Crippen LogP contribution in [-0.2, 0) is 16.0 Å². The zero-order valence-corrected chi connectivity index (χ0v) is 11.3. The number of hydrogen-bond donors (Lipinski definition) is 2. The number of nitrogens with one attached hydrogen (secondary N) is 1. The van der Waals surface area contributed by atoms with E-state index in [1.54, 1.807) is 0 Å². The van der Waals surface area contributed by atoms with Crippen molar-refractivity contribution in [3.05, 3.63) is 35.9 Å². The number of hydrogen-bond acceptors (Lipinski definition) is 3. The molecule has 0 spiro atoms. The smallest absolute Gasteiger partial charge is 0.250 e. The van der Waals surface area contributed by atoms with Crippen molar-refractivity contribution in [2.24, 2.45) is 0 Å². The SMILES string of the molecule is C#C[C@@H](NC(=O)[C@@H](O)Cc1ccccc1)[C@@H]1CCCO1. The van der Waals surface area contributed by atoms with Crippen LogP contribution < -0.4 is 5.32 Å². The molecule has 4 heteroatoms. The maximum Gasteiger partial charge on any atom is 0.250 e. The second kappa shape index (κ2) is 7.09. The highest BCUT2D eigenvalue weighted by Crippen LogP contribution is 2.15. The summed E-state index contributed by atoms with van der Waals surface area (Å²) in [6.45, 7) is 0.672. The summed E-state index contributed by atoms with van der Waals surface area (Å²) < 4.78 is 5.47. The number of ether oxygens (including phenoxy) is 1. The first kappa shape index (κ1) is 14.6. The molecule has 1 fully saturated rings. The number of benzene rings is 1. The third-order valence-corrected chi connectivity index (χ3v) is 3.39. The third-order valence-electron chi connectivity index (χ3n) is 3.39. The zero-order valence-electron chi connectivity index (χ0n) is 11.3. The van der Waals surface area contributed by atoms with Crippen LogP contribution in [0.15, 0.2) is 30.3 Å². The van der Waals surface area contributed by atoms with Crippen molar-refractivity contribution in [3.8, 4) is 12.3 Å². The van der Waals surface area contributed by atoms with E-state index in [0.29, 0.717) is 6.61 Å². The van der Waals surface area contributed by atoms with E-state index in [-0.39, 0.29) is 12.5 Å². The summed E-state index contributed by atoms with van der Waals surface area (Å²) >= 11 is 0. The van der Waals surface area contributed by atoms with E-state index in [9.17, 15) is 9.90 Å². The predicted molar refractivity (Wildman–Crippen MR) is 75.9 cm³/mol. The molecule has 106 valence electrons. The lowest BCUT2D eigenvalue weighted by molar-refractivity contribution is -0.130. The molecular weight excluding hydrogens is 254 g/mol. The van der Waals surface area contributed by atoms with Gasteiger partial charge in [0.05, 0.1) is 6.10 Å². The number of aliphatic hydroxyl groups excluding tert-OH is 1. The highest BCUT2D eigenvalue weighted by molar-refractivity contribution is 5.81. The van der Waals surface area contributed by atoms with Gasteiger partial charge in [0.25, 0.3) is 0 Å². The molecule has 1 amide bonds. The Balaban J connectivity index is 1.88. The number of amides is 1. The van der Waals surface area contributed by atoms with Gasteiger partial charge in [-0.05, 0) is 18.4 Å². The molecule has 0 bridgehead atoms.